The van der Waals surface area contributed by atoms with Crippen LogP contribution in [0.1, 0.15) is 43.5 Å². The summed E-state index contributed by atoms with van der Waals surface area (Å²) in [4.78, 5) is 0.786. The van der Waals surface area contributed by atoms with Gasteiger partial charge in [-0.05, 0) is 74.3 Å². The Morgan fingerprint density at radius 1 is 0.545 bits per heavy atom. The van der Waals surface area contributed by atoms with Gasteiger partial charge in [0.15, 0.2) is 0 Å². The second kappa shape index (κ2) is 15.5. The second-order valence-corrected chi connectivity index (χ2v) is 18.0. The number of ether oxygens (including phenoxy) is 1. The lowest BCUT2D eigenvalue weighted by atomic mass is 9.96. The predicted molar refractivity (Wildman–Crippen MR) is 190 cm³/mol. The number of halogens is 12. The van der Waals surface area contributed by atoms with Gasteiger partial charge in [0.1, 0.15) is 0 Å². The quantitative estimate of drug-likeness (QED) is 0.115. The fourth-order valence-electron chi connectivity index (χ4n) is 6.39. The molecule has 1 aromatic heterocycles. The molecule has 1 aliphatic heterocycles. The Hall–Kier alpha value is -3.48. The molecule has 1 saturated heterocycles. The largest absolute Gasteiger partial charge is 0.416 e. The minimum absolute atomic E-state index is 0.00156. The first-order valence-electron chi connectivity index (χ1n) is 16.3. The van der Waals surface area contributed by atoms with Crippen LogP contribution in [0.15, 0.2) is 97.1 Å². The molecule has 0 amide bonds. The molecule has 17 heteroatoms. The normalized spacial score (nSPS) is 17.1. The maximum Gasteiger partial charge on any atom is 0.416 e. The van der Waals surface area contributed by atoms with Gasteiger partial charge in [-0.1, -0.05) is 60.7 Å². The van der Waals surface area contributed by atoms with E-state index in [-0.39, 0.29) is 35.5 Å². The lowest BCUT2D eigenvalue weighted by molar-refractivity contribution is -0.144. The molecule has 2 heterocycles. The lowest BCUT2D eigenvalue weighted by Crippen LogP contribution is -2.31. The minimum Gasteiger partial charge on any atom is -0.378 e. The van der Waals surface area contributed by atoms with E-state index < -0.39 is 85.7 Å². The third kappa shape index (κ3) is 9.07. The summed E-state index contributed by atoms with van der Waals surface area (Å²) in [5.74, 6) is -0.761. The van der Waals surface area contributed by atoms with Crippen LogP contribution in [0.5, 0.6) is 0 Å². The Bertz CT molecular complexity index is 1950. The SMILES string of the molecule is Cc1sc(C)c(P(c2cc(C(F)(F)F)cc(C(F)(F)F)c2)c2cc(C(F)(F)F)cc(C(F)(F)F)c2)c1[C@H]1COC[C@@H]1OP(c1ccccc1)c1ccccc1. The van der Waals surface area contributed by atoms with Gasteiger partial charge in [-0.2, -0.15) is 52.7 Å². The topological polar surface area (TPSA) is 18.5 Å². The monoisotopic (exact) mass is 838 g/mol. The van der Waals surface area contributed by atoms with Crippen LogP contribution in [-0.2, 0) is 34.0 Å². The van der Waals surface area contributed by atoms with E-state index in [4.69, 9.17) is 9.26 Å². The van der Waals surface area contributed by atoms with Crippen LogP contribution >= 0.6 is 27.4 Å². The van der Waals surface area contributed by atoms with E-state index in [1.807, 2.05) is 60.7 Å². The first kappa shape index (κ1) is 41.2. The molecule has 5 aromatic rings. The highest BCUT2D eigenvalue weighted by Gasteiger charge is 2.43. The van der Waals surface area contributed by atoms with Crippen LogP contribution in [0.4, 0.5) is 52.7 Å². The van der Waals surface area contributed by atoms with E-state index in [0.717, 1.165) is 21.9 Å². The Labute approximate surface area is 313 Å². The zero-order valence-electron chi connectivity index (χ0n) is 28.5. The van der Waals surface area contributed by atoms with Gasteiger partial charge in [0.2, 0.25) is 0 Å². The van der Waals surface area contributed by atoms with Crippen LogP contribution < -0.4 is 26.5 Å². The van der Waals surface area contributed by atoms with E-state index >= 15 is 0 Å². The summed E-state index contributed by atoms with van der Waals surface area (Å²) in [6.07, 6.45) is -22.2. The van der Waals surface area contributed by atoms with E-state index in [1.54, 1.807) is 6.92 Å². The maximum absolute atomic E-state index is 14.2. The molecule has 1 fully saturated rings. The average molecular weight is 839 g/mol. The summed E-state index contributed by atoms with van der Waals surface area (Å²) in [6.45, 7) is 3.04. The number of benzene rings is 4. The second-order valence-electron chi connectivity index (χ2n) is 12.6. The molecule has 0 bridgehead atoms. The molecule has 1 aliphatic rings. The molecule has 0 unspecified atom stereocenters. The number of rotatable bonds is 8. The van der Waals surface area contributed by atoms with Gasteiger partial charge >= 0.3 is 24.7 Å². The molecule has 0 radical (unpaired) electrons. The van der Waals surface area contributed by atoms with Gasteiger partial charge in [-0.25, -0.2) is 0 Å². The van der Waals surface area contributed by atoms with Crippen molar-refractivity contribution in [3.63, 3.8) is 0 Å². The molecule has 0 saturated carbocycles. The molecule has 0 aliphatic carbocycles. The highest BCUT2D eigenvalue weighted by molar-refractivity contribution is 7.80. The molecule has 6 rings (SSSR count). The summed E-state index contributed by atoms with van der Waals surface area (Å²) in [7, 11) is -4.49. The first-order chi connectivity index (χ1) is 25.6. The third-order valence-corrected chi connectivity index (χ3v) is 14.6. The van der Waals surface area contributed by atoms with Gasteiger partial charge in [0.05, 0.1) is 49.7 Å². The van der Waals surface area contributed by atoms with Crippen molar-refractivity contribution in [3.8, 4) is 0 Å². The predicted octanol–water partition coefficient (Wildman–Crippen LogP) is 10.7. The van der Waals surface area contributed by atoms with Crippen molar-refractivity contribution in [1.82, 2.24) is 0 Å². The Morgan fingerprint density at radius 2 is 0.945 bits per heavy atom. The van der Waals surface area contributed by atoms with E-state index in [0.29, 0.717) is 34.7 Å². The average Bonchev–Trinajstić information content (AvgIpc) is 3.68. The zero-order valence-corrected chi connectivity index (χ0v) is 31.1. The van der Waals surface area contributed by atoms with Gasteiger partial charge in [0.25, 0.3) is 0 Å². The van der Waals surface area contributed by atoms with Crippen LogP contribution in [0.25, 0.3) is 0 Å². The molecule has 0 N–H and O–H groups in total. The van der Waals surface area contributed by atoms with Gasteiger partial charge in [-0.3, -0.25) is 0 Å². The van der Waals surface area contributed by atoms with Crippen molar-refractivity contribution in [1.29, 1.82) is 0 Å². The number of hydrogen-bond acceptors (Lipinski definition) is 3. The van der Waals surface area contributed by atoms with E-state index in [9.17, 15) is 52.7 Å². The van der Waals surface area contributed by atoms with Crippen molar-refractivity contribution in [2.24, 2.45) is 0 Å². The molecule has 4 aromatic carbocycles. The van der Waals surface area contributed by atoms with Crippen molar-refractivity contribution < 1.29 is 61.9 Å². The standard InChI is InChI=1S/C38H28F12O2P2S/c1-21-33(31-19-51-20-32(31)52-54(27-9-5-3-6-10-27)28-11-7-4-8-12-28)34(22(2)55-21)53(29-15-23(35(39,40)41)13-24(16-29)36(42,43)44)30-17-25(37(45,46)47)14-26(18-30)38(48,49)50/h3-18,31-32H,19-20H2,1-2H3/t31-,32-/m0/s1. The lowest BCUT2D eigenvalue weighted by Gasteiger charge is -2.29. The molecule has 0 spiro atoms. The minimum atomic E-state index is -5.35. The van der Waals surface area contributed by atoms with E-state index in [2.05, 4.69) is 0 Å². The summed E-state index contributed by atoms with van der Waals surface area (Å²) in [5, 5.41) is 0.174. The Balaban J connectivity index is 1.60. The summed E-state index contributed by atoms with van der Waals surface area (Å²) in [6, 6.07) is 19.5. The van der Waals surface area contributed by atoms with Gasteiger partial charge in [-0.15, -0.1) is 11.3 Å². The van der Waals surface area contributed by atoms with Gasteiger partial charge in [0, 0.05) is 31.6 Å². The molecule has 292 valence electrons. The van der Waals surface area contributed by atoms with Crippen molar-refractivity contribution >= 4 is 53.9 Å². The van der Waals surface area contributed by atoms with Crippen LogP contribution in [0.3, 0.4) is 0 Å². The zero-order chi connectivity index (χ0) is 40.1. The van der Waals surface area contributed by atoms with Crippen LogP contribution in [0.2, 0.25) is 0 Å². The third-order valence-electron chi connectivity index (χ3n) is 8.78. The molecule has 55 heavy (non-hydrogen) atoms. The molecule has 2 nitrogen and oxygen atoms in total. The van der Waals surface area contributed by atoms with Crippen LogP contribution in [0, 0.1) is 13.8 Å². The summed E-state index contributed by atoms with van der Waals surface area (Å²) < 4.78 is 183. The van der Waals surface area contributed by atoms with E-state index in [1.165, 1.54) is 6.92 Å². The summed E-state index contributed by atoms with van der Waals surface area (Å²) in [5.41, 5.74) is -6.73. The van der Waals surface area contributed by atoms with Crippen molar-refractivity contribution in [2.75, 3.05) is 13.2 Å². The molecule has 2 atom stereocenters. The Morgan fingerprint density at radius 3 is 1.33 bits per heavy atom. The molecular weight excluding hydrogens is 810 g/mol. The van der Waals surface area contributed by atoms with Crippen molar-refractivity contribution in [2.45, 2.75) is 50.6 Å². The fourth-order valence-corrected chi connectivity index (χ4v) is 12.6. The summed E-state index contributed by atoms with van der Waals surface area (Å²) >= 11 is 1.07. The Kier molecular flexibility index (Phi) is 11.6. The number of aryl methyl sites for hydroxylation is 2. The highest BCUT2D eigenvalue weighted by atomic mass is 32.1. The van der Waals surface area contributed by atoms with Crippen LogP contribution in [-0.4, -0.2) is 19.3 Å². The first-order valence-corrected chi connectivity index (χ1v) is 19.7. The highest BCUT2D eigenvalue weighted by Crippen LogP contribution is 2.49. The number of thiophene rings is 1. The number of alkyl halides is 12. The van der Waals surface area contributed by atoms with Gasteiger partial charge < -0.3 is 9.26 Å². The fraction of sp³-hybridized carbons (Fsp3) is 0.263. The maximum atomic E-state index is 14.2. The molecular formula is C38H28F12O2P2S. The number of hydrogen-bond donors (Lipinski definition) is 0. The van der Waals surface area contributed by atoms with Crippen molar-refractivity contribution in [3.05, 3.63) is 135 Å². The smallest absolute Gasteiger partial charge is 0.378 e.